The van der Waals surface area contributed by atoms with Gasteiger partial charge in [0.05, 0.1) is 7.11 Å². The number of aromatic nitrogens is 2. The zero-order valence-corrected chi connectivity index (χ0v) is 11.1. The van der Waals surface area contributed by atoms with Crippen molar-refractivity contribution >= 4 is 17.6 Å². The summed E-state index contributed by atoms with van der Waals surface area (Å²) < 4.78 is 5.11. The summed E-state index contributed by atoms with van der Waals surface area (Å²) in [6.07, 6.45) is 3.18. The summed E-state index contributed by atoms with van der Waals surface area (Å²) in [6, 6.07) is 2.27. The Morgan fingerprint density at radius 2 is 2.25 bits per heavy atom. The molecule has 1 N–H and O–H groups in total. The van der Waals surface area contributed by atoms with Gasteiger partial charge in [-0.15, -0.1) is 0 Å². The molecule has 0 spiro atoms. The zero-order chi connectivity index (χ0) is 12.0. The molecule has 16 heavy (non-hydrogen) atoms. The molecule has 1 atom stereocenters. The van der Waals surface area contributed by atoms with Gasteiger partial charge in [0, 0.05) is 17.9 Å². The van der Waals surface area contributed by atoms with Gasteiger partial charge in [0.1, 0.15) is 11.6 Å². The van der Waals surface area contributed by atoms with E-state index in [2.05, 4.69) is 28.5 Å². The molecule has 0 aliphatic carbocycles. The molecule has 1 unspecified atom stereocenters. The second-order valence-electron chi connectivity index (χ2n) is 3.55. The van der Waals surface area contributed by atoms with Gasteiger partial charge >= 0.3 is 0 Å². The van der Waals surface area contributed by atoms with Gasteiger partial charge in [0.15, 0.2) is 0 Å². The first-order chi connectivity index (χ1) is 7.69. The number of hydrogen-bond donors (Lipinski definition) is 1. The van der Waals surface area contributed by atoms with Crippen molar-refractivity contribution in [2.24, 2.45) is 0 Å². The largest absolute Gasteiger partial charge is 0.481 e. The Morgan fingerprint density at radius 1 is 1.50 bits per heavy atom. The SMILES string of the molecule is CCC(CSC)Nc1cc(OC)nc(C)n1. The minimum absolute atomic E-state index is 0.439. The summed E-state index contributed by atoms with van der Waals surface area (Å²) in [5.74, 6) is 3.24. The molecular formula is C11H19N3OS. The Bertz CT molecular complexity index is 333. The van der Waals surface area contributed by atoms with Gasteiger partial charge in [-0.25, -0.2) is 4.98 Å². The van der Waals surface area contributed by atoms with Gasteiger partial charge in [-0.05, 0) is 19.6 Å². The van der Waals surface area contributed by atoms with Crippen LogP contribution in [0.1, 0.15) is 19.2 Å². The Balaban J connectivity index is 2.74. The maximum absolute atomic E-state index is 5.11. The van der Waals surface area contributed by atoms with Gasteiger partial charge in [-0.3, -0.25) is 0 Å². The van der Waals surface area contributed by atoms with Crippen molar-refractivity contribution < 1.29 is 4.74 Å². The number of thioether (sulfide) groups is 1. The van der Waals surface area contributed by atoms with Gasteiger partial charge in [-0.2, -0.15) is 16.7 Å². The fourth-order valence-electron chi connectivity index (χ4n) is 1.39. The molecule has 1 aromatic rings. The maximum atomic E-state index is 5.11. The molecule has 0 saturated carbocycles. The highest BCUT2D eigenvalue weighted by Crippen LogP contribution is 2.15. The van der Waals surface area contributed by atoms with Crippen LogP contribution < -0.4 is 10.1 Å². The molecular weight excluding hydrogens is 222 g/mol. The van der Waals surface area contributed by atoms with Crippen molar-refractivity contribution in [3.63, 3.8) is 0 Å². The van der Waals surface area contributed by atoms with E-state index in [1.807, 2.05) is 24.8 Å². The first kappa shape index (κ1) is 13.1. The predicted molar refractivity (Wildman–Crippen MR) is 69.4 cm³/mol. The molecule has 0 fully saturated rings. The average Bonchev–Trinajstić information content (AvgIpc) is 2.27. The number of anilines is 1. The lowest BCUT2D eigenvalue weighted by Crippen LogP contribution is -2.22. The fraction of sp³-hybridized carbons (Fsp3) is 0.636. The second-order valence-corrected chi connectivity index (χ2v) is 4.46. The van der Waals surface area contributed by atoms with Gasteiger partial charge < -0.3 is 10.1 Å². The van der Waals surface area contributed by atoms with E-state index in [4.69, 9.17) is 4.74 Å². The quantitative estimate of drug-likeness (QED) is 0.828. The lowest BCUT2D eigenvalue weighted by molar-refractivity contribution is 0.396. The number of aryl methyl sites for hydroxylation is 1. The van der Waals surface area contributed by atoms with E-state index in [-0.39, 0.29) is 0 Å². The third-order valence-corrected chi connectivity index (χ3v) is 2.97. The molecule has 0 aliphatic rings. The minimum atomic E-state index is 0.439. The van der Waals surface area contributed by atoms with Crippen molar-refractivity contribution in [1.29, 1.82) is 0 Å². The smallest absolute Gasteiger partial charge is 0.218 e. The third-order valence-electron chi connectivity index (χ3n) is 2.24. The molecule has 4 nitrogen and oxygen atoms in total. The normalized spacial score (nSPS) is 12.2. The Kier molecular flexibility index (Phi) is 5.38. The molecule has 1 heterocycles. The summed E-state index contributed by atoms with van der Waals surface area (Å²) in [5.41, 5.74) is 0. The molecule has 5 heteroatoms. The van der Waals surface area contributed by atoms with Crippen molar-refractivity contribution in [3.05, 3.63) is 11.9 Å². The Labute approximate surface area is 101 Å². The van der Waals surface area contributed by atoms with E-state index in [1.165, 1.54) is 0 Å². The second kappa shape index (κ2) is 6.58. The molecule has 0 radical (unpaired) electrons. The average molecular weight is 241 g/mol. The number of hydrogen-bond acceptors (Lipinski definition) is 5. The van der Waals surface area contributed by atoms with Crippen LogP contribution in [-0.4, -0.2) is 35.1 Å². The predicted octanol–water partition coefficient (Wildman–Crippen LogP) is 2.35. The molecule has 1 aromatic heterocycles. The number of rotatable bonds is 6. The molecule has 0 saturated heterocycles. The van der Waals surface area contributed by atoms with Crippen LogP contribution in [0.3, 0.4) is 0 Å². The molecule has 90 valence electrons. The first-order valence-corrected chi connectivity index (χ1v) is 6.74. The van der Waals surface area contributed by atoms with Crippen LogP contribution in [0.5, 0.6) is 5.88 Å². The van der Waals surface area contributed by atoms with E-state index >= 15 is 0 Å². The molecule has 0 bridgehead atoms. The zero-order valence-electron chi connectivity index (χ0n) is 10.3. The summed E-state index contributed by atoms with van der Waals surface area (Å²) in [5, 5.41) is 3.39. The minimum Gasteiger partial charge on any atom is -0.481 e. The van der Waals surface area contributed by atoms with Crippen LogP contribution in [0, 0.1) is 6.92 Å². The molecule has 0 amide bonds. The summed E-state index contributed by atoms with van der Waals surface area (Å²) in [7, 11) is 1.62. The summed E-state index contributed by atoms with van der Waals surface area (Å²) >= 11 is 1.83. The first-order valence-electron chi connectivity index (χ1n) is 5.34. The lowest BCUT2D eigenvalue weighted by atomic mass is 10.2. The number of nitrogens with zero attached hydrogens (tertiary/aromatic N) is 2. The van der Waals surface area contributed by atoms with Crippen molar-refractivity contribution in [1.82, 2.24) is 9.97 Å². The molecule has 1 rings (SSSR count). The standard InChI is InChI=1S/C11H19N3OS/c1-5-9(7-16-4)14-10-6-11(15-3)13-8(2)12-10/h6,9H,5,7H2,1-4H3,(H,12,13,14). The van der Waals surface area contributed by atoms with Crippen molar-refractivity contribution in [3.8, 4) is 5.88 Å². The van der Waals surface area contributed by atoms with E-state index in [0.29, 0.717) is 11.9 Å². The van der Waals surface area contributed by atoms with E-state index < -0.39 is 0 Å². The van der Waals surface area contributed by atoms with Crippen LogP contribution >= 0.6 is 11.8 Å². The van der Waals surface area contributed by atoms with Crippen LogP contribution in [-0.2, 0) is 0 Å². The monoisotopic (exact) mass is 241 g/mol. The highest BCUT2D eigenvalue weighted by molar-refractivity contribution is 7.98. The lowest BCUT2D eigenvalue weighted by Gasteiger charge is -2.16. The van der Waals surface area contributed by atoms with E-state index in [0.717, 1.165) is 23.8 Å². The van der Waals surface area contributed by atoms with Crippen molar-refractivity contribution in [2.45, 2.75) is 26.3 Å². The van der Waals surface area contributed by atoms with E-state index in [1.54, 1.807) is 7.11 Å². The number of ether oxygens (including phenoxy) is 1. The highest BCUT2D eigenvalue weighted by Gasteiger charge is 2.08. The van der Waals surface area contributed by atoms with Crippen LogP contribution in [0.4, 0.5) is 5.82 Å². The Hall–Kier alpha value is -0.970. The van der Waals surface area contributed by atoms with Crippen LogP contribution in [0.15, 0.2) is 6.07 Å². The van der Waals surface area contributed by atoms with E-state index in [9.17, 15) is 0 Å². The third kappa shape index (κ3) is 3.89. The van der Waals surface area contributed by atoms with Crippen LogP contribution in [0.2, 0.25) is 0 Å². The fourth-order valence-corrected chi connectivity index (χ4v) is 2.11. The van der Waals surface area contributed by atoms with Gasteiger partial charge in [0.25, 0.3) is 0 Å². The molecule has 0 aliphatic heterocycles. The number of methoxy groups -OCH3 is 1. The van der Waals surface area contributed by atoms with Crippen molar-refractivity contribution in [2.75, 3.05) is 24.4 Å². The van der Waals surface area contributed by atoms with Gasteiger partial charge in [0.2, 0.25) is 5.88 Å². The highest BCUT2D eigenvalue weighted by atomic mass is 32.2. The molecule has 0 aromatic carbocycles. The topological polar surface area (TPSA) is 47.0 Å². The maximum Gasteiger partial charge on any atom is 0.218 e. The summed E-state index contributed by atoms with van der Waals surface area (Å²) in [4.78, 5) is 8.49. The Morgan fingerprint density at radius 3 is 2.81 bits per heavy atom. The summed E-state index contributed by atoms with van der Waals surface area (Å²) in [6.45, 7) is 4.03. The van der Waals surface area contributed by atoms with Gasteiger partial charge in [-0.1, -0.05) is 6.92 Å². The van der Waals surface area contributed by atoms with Crippen LogP contribution in [0.25, 0.3) is 0 Å². The number of nitrogens with one attached hydrogen (secondary N) is 1.